The largest absolute Gasteiger partial charge is 0.453 e. The zero-order valence-corrected chi connectivity index (χ0v) is 16.2. The van der Waals surface area contributed by atoms with E-state index in [-0.39, 0.29) is 18.1 Å². The number of aryl methyl sites for hydroxylation is 3. The second-order valence-electron chi connectivity index (χ2n) is 6.10. The zero-order chi connectivity index (χ0) is 19.9. The van der Waals surface area contributed by atoms with Crippen LogP contribution in [0.3, 0.4) is 0 Å². The lowest BCUT2D eigenvalue weighted by Crippen LogP contribution is -2.18. The van der Waals surface area contributed by atoms with E-state index in [2.05, 4.69) is 36.3 Å². The second-order valence-corrected chi connectivity index (χ2v) is 6.95. The van der Waals surface area contributed by atoms with Crippen molar-refractivity contribution in [1.29, 1.82) is 0 Å². The van der Waals surface area contributed by atoms with E-state index < -0.39 is 12.0 Å². The number of carbonyl (C=O) groups is 1. The number of hydrogen-bond acceptors (Lipinski definition) is 4. The molecule has 27 heavy (non-hydrogen) atoms. The molecule has 1 aromatic carbocycles. The fraction of sp³-hybridized carbons (Fsp3) is 0.294. The summed E-state index contributed by atoms with van der Waals surface area (Å²) in [5.41, 5.74) is 2.93. The summed E-state index contributed by atoms with van der Waals surface area (Å²) in [7, 11) is 0. The van der Waals surface area contributed by atoms with Gasteiger partial charge in [0.15, 0.2) is 0 Å². The lowest BCUT2D eigenvalue weighted by atomic mass is 10.1. The number of nitrogens with zero attached hydrogens (tertiary/aromatic N) is 4. The predicted octanol–water partition coefficient (Wildman–Crippen LogP) is 4.01. The van der Waals surface area contributed by atoms with Crippen LogP contribution in [0.1, 0.15) is 28.3 Å². The van der Waals surface area contributed by atoms with Crippen LogP contribution >= 0.6 is 15.9 Å². The number of halogens is 4. The molecule has 2 heterocycles. The van der Waals surface area contributed by atoms with Crippen molar-refractivity contribution < 1.29 is 18.0 Å². The maximum Gasteiger partial charge on any atom is 0.453 e. The summed E-state index contributed by atoms with van der Waals surface area (Å²) < 4.78 is 40.5. The number of hydrogen-bond donors (Lipinski definition) is 1. The Balaban J connectivity index is 1.89. The van der Waals surface area contributed by atoms with E-state index in [1.165, 1.54) is 0 Å². The molecule has 6 nitrogen and oxygen atoms in total. The van der Waals surface area contributed by atoms with Crippen LogP contribution in [0.5, 0.6) is 0 Å². The molecule has 0 aliphatic heterocycles. The Kier molecular flexibility index (Phi) is 4.94. The van der Waals surface area contributed by atoms with E-state index >= 15 is 0 Å². The Morgan fingerprint density at radius 3 is 2.56 bits per heavy atom. The number of alkyl halides is 3. The van der Waals surface area contributed by atoms with Crippen LogP contribution in [0.25, 0.3) is 5.78 Å². The molecule has 3 rings (SSSR count). The van der Waals surface area contributed by atoms with Gasteiger partial charge >= 0.3 is 6.18 Å². The molecule has 1 amide bonds. The molecule has 0 aliphatic rings. The van der Waals surface area contributed by atoms with E-state index in [4.69, 9.17) is 0 Å². The number of carbonyl (C=O) groups excluding carboxylic acids is 1. The third-order valence-electron chi connectivity index (χ3n) is 4.08. The van der Waals surface area contributed by atoms with Crippen molar-refractivity contribution in [3.8, 4) is 0 Å². The molecule has 0 saturated heterocycles. The van der Waals surface area contributed by atoms with Crippen molar-refractivity contribution in [2.24, 2.45) is 0 Å². The monoisotopic (exact) mass is 441 g/mol. The highest BCUT2D eigenvalue weighted by Gasteiger charge is 2.37. The molecule has 0 atom stereocenters. The van der Waals surface area contributed by atoms with E-state index in [0.29, 0.717) is 22.6 Å². The third kappa shape index (κ3) is 3.95. The Hall–Kier alpha value is -2.49. The van der Waals surface area contributed by atoms with E-state index in [9.17, 15) is 18.0 Å². The molecule has 0 unspecified atom stereocenters. The van der Waals surface area contributed by atoms with E-state index in [1.807, 2.05) is 19.1 Å². The Labute approximate surface area is 160 Å². The summed E-state index contributed by atoms with van der Waals surface area (Å²) in [4.78, 5) is 19.9. The summed E-state index contributed by atoms with van der Waals surface area (Å²) in [6.07, 6.45) is -4.71. The normalized spacial score (nSPS) is 11.8. The number of fused-ring (bicyclic) bond motifs is 1. The Morgan fingerprint density at radius 2 is 1.93 bits per heavy atom. The number of anilines is 1. The number of nitrogens with one attached hydrogen (secondary N) is 1. The van der Waals surface area contributed by atoms with Crippen molar-refractivity contribution >= 4 is 33.3 Å². The number of benzene rings is 1. The number of aromatic nitrogens is 4. The van der Waals surface area contributed by atoms with Gasteiger partial charge in [-0.25, -0.2) is 9.50 Å². The summed E-state index contributed by atoms with van der Waals surface area (Å²) in [5.74, 6) is -1.71. The maximum absolute atomic E-state index is 12.8. The molecule has 0 radical (unpaired) electrons. The zero-order valence-electron chi connectivity index (χ0n) is 14.6. The van der Waals surface area contributed by atoms with Gasteiger partial charge in [0.25, 0.3) is 11.6 Å². The Morgan fingerprint density at radius 1 is 1.22 bits per heavy atom. The van der Waals surface area contributed by atoms with Crippen molar-refractivity contribution in [1.82, 2.24) is 19.6 Å². The van der Waals surface area contributed by atoms with E-state index in [1.54, 1.807) is 19.9 Å². The van der Waals surface area contributed by atoms with Crippen LogP contribution in [-0.4, -0.2) is 25.5 Å². The van der Waals surface area contributed by atoms with Gasteiger partial charge in [-0.3, -0.25) is 4.79 Å². The van der Waals surface area contributed by atoms with Crippen LogP contribution < -0.4 is 5.32 Å². The molecule has 1 N–H and O–H groups in total. The van der Waals surface area contributed by atoms with Gasteiger partial charge in [-0.15, -0.1) is 5.10 Å². The van der Waals surface area contributed by atoms with Gasteiger partial charge < -0.3 is 5.32 Å². The van der Waals surface area contributed by atoms with Crippen molar-refractivity contribution in [3.63, 3.8) is 0 Å². The predicted molar refractivity (Wildman–Crippen MR) is 96.5 cm³/mol. The van der Waals surface area contributed by atoms with Gasteiger partial charge in [0.2, 0.25) is 5.91 Å². The SMILES string of the molecule is Cc1cc(NC(=O)Cc2c(C)nc3nc(C(F)(F)F)nn3c2C)ccc1Br. The lowest BCUT2D eigenvalue weighted by molar-refractivity contribution is -0.144. The first-order valence-electron chi connectivity index (χ1n) is 7.92. The summed E-state index contributed by atoms with van der Waals surface area (Å²) in [6.45, 7) is 5.11. The average Bonchev–Trinajstić information content (AvgIpc) is 2.99. The van der Waals surface area contributed by atoms with Crippen LogP contribution in [0.2, 0.25) is 0 Å². The third-order valence-corrected chi connectivity index (χ3v) is 4.97. The molecule has 0 bridgehead atoms. The topological polar surface area (TPSA) is 72.2 Å². The van der Waals surface area contributed by atoms with Gasteiger partial charge in [-0.05, 0) is 44.5 Å². The quantitative estimate of drug-likeness (QED) is 0.666. The van der Waals surface area contributed by atoms with Gasteiger partial charge in [-0.2, -0.15) is 18.2 Å². The molecule has 0 saturated carbocycles. The van der Waals surface area contributed by atoms with Crippen LogP contribution in [0, 0.1) is 20.8 Å². The maximum atomic E-state index is 12.8. The molecular formula is C17H15BrF3N5O. The molecule has 0 fully saturated rings. The number of rotatable bonds is 3. The van der Waals surface area contributed by atoms with Crippen molar-refractivity contribution in [2.75, 3.05) is 5.32 Å². The first-order valence-corrected chi connectivity index (χ1v) is 8.71. The van der Waals surface area contributed by atoms with Gasteiger partial charge in [0.1, 0.15) is 0 Å². The Bertz CT molecular complexity index is 1050. The van der Waals surface area contributed by atoms with Crippen molar-refractivity contribution in [2.45, 2.75) is 33.4 Å². The minimum absolute atomic E-state index is 0.0447. The highest BCUT2D eigenvalue weighted by Crippen LogP contribution is 2.27. The lowest BCUT2D eigenvalue weighted by Gasteiger charge is -2.11. The standard InChI is InChI=1S/C17H15BrF3N5O/c1-8-6-11(4-5-13(8)18)23-14(27)7-12-9(2)22-16-24-15(17(19,20)21)25-26(16)10(12)3/h4-6H,7H2,1-3H3,(H,23,27). The molecule has 0 aliphatic carbocycles. The number of amides is 1. The van der Waals surface area contributed by atoms with Crippen LogP contribution in [-0.2, 0) is 17.4 Å². The molecule has 0 spiro atoms. The van der Waals surface area contributed by atoms with Crippen LogP contribution in [0.15, 0.2) is 22.7 Å². The second kappa shape index (κ2) is 6.91. The minimum Gasteiger partial charge on any atom is -0.326 e. The minimum atomic E-state index is -4.66. The van der Waals surface area contributed by atoms with Gasteiger partial charge in [0.05, 0.1) is 6.42 Å². The summed E-state index contributed by atoms with van der Waals surface area (Å²) in [6, 6.07) is 5.39. The fourth-order valence-electron chi connectivity index (χ4n) is 2.67. The molecule has 3 aromatic rings. The van der Waals surface area contributed by atoms with Crippen LogP contribution in [0.4, 0.5) is 18.9 Å². The first kappa shape index (κ1) is 19.3. The first-order chi connectivity index (χ1) is 12.6. The average molecular weight is 442 g/mol. The summed E-state index contributed by atoms with van der Waals surface area (Å²) >= 11 is 3.39. The molecule has 142 valence electrons. The van der Waals surface area contributed by atoms with Crippen molar-refractivity contribution in [3.05, 3.63) is 51.0 Å². The highest BCUT2D eigenvalue weighted by atomic mass is 79.9. The van der Waals surface area contributed by atoms with E-state index in [0.717, 1.165) is 14.6 Å². The molecule has 2 aromatic heterocycles. The molecule has 10 heteroatoms. The highest BCUT2D eigenvalue weighted by molar-refractivity contribution is 9.10. The molecular weight excluding hydrogens is 427 g/mol. The summed E-state index contributed by atoms with van der Waals surface area (Å²) in [5, 5.41) is 6.26. The fourth-order valence-corrected chi connectivity index (χ4v) is 2.92. The van der Waals surface area contributed by atoms with Gasteiger partial charge in [-0.1, -0.05) is 15.9 Å². The smallest absolute Gasteiger partial charge is 0.326 e. The van der Waals surface area contributed by atoms with Gasteiger partial charge in [0, 0.05) is 27.1 Å².